The van der Waals surface area contributed by atoms with Gasteiger partial charge in [0.05, 0.1) is 18.4 Å². The van der Waals surface area contributed by atoms with Gasteiger partial charge in [0.25, 0.3) is 11.8 Å². The third kappa shape index (κ3) is 3.35. The number of carbonyl (C=O) groups excluding carboxylic acids is 2. The maximum atomic E-state index is 13.5. The van der Waals surface area contributed by atoms with Crippen LogP contribution in [-0.4, -0.2) is 18.9 Å². The minimum absolute atomic E-state index is 0.238. The number of ether oxygens (including phenoxy) is 1. The number of benzene rings is 3. The molecule has 0 radical (unpaired) electrons. The van der Waals surface area contributed by atoms with Crippen molar-refractivity contribution < 1.29 is 14.3 Å². The van der Waals surface area contributed by atoms with Crippen LogP contribution >= 0.6 is 0 Å². The van der Waals surface area contributed by atoms with Gasteiger partial charge in [0.15, 0.2) is 0 Å². The van der Waals surface area contributed by atoms with Crippen molar-refractivity contribution in [3.63, 3.8) is 0 Å². The molecule has 0 fully saturated rings. The molecule has 4 rings (SSSR count). The Labute approximate surface area is 175 Å². The Hall–Kier alpha value is -3.86. The highest BCUT2D eigenvalue weighted by atomic mass is 16.5. The number of nitrogens with one attached hydrogen (secondary N) is 1. The summed E-state index contributed by atoms with van der Waals surface area (Å²) in [5, 5.41) is 3.24. The summed E-state index contributed by atoms with van der Waals surface area (Å²) in [6.07, 6.45) is 0. The standard InChI is InChI=1S/C25H22N2O3/c1-16-13-14-17(2)20(15-16)26-23-22(19-11-7-8-12-21(19)30-3)24(28)27(25(23)29)18-9-5-4-6-10-18/h4-15,26H,1-3H3. The fraction of sp³-hybridized carbons (Fsp3) is 0.120. The summed E-state index contributed by atoms with van der Waals surface area (Å²) in [7, 11) is 1.55. The quantitative estimate of drug-likeness (QED) is 0.633. The maximum absolute atomic E-state index is 13.5. The zero-order valence-electron chi connectivity index (χ0n) is 17.1. The fourth-order valence-corrected chi connectivity index (χ4v) is 3.56. The molecule has 5 nitrogen and oxygen atoms in total. The highest BCUT2D eigenvalue weighted by molar-refractivity contribution is 6.46. The number of para-hydroxylation sites is 2. The smallest absolute Gasteiger partial charge is 0.282 e. The Morgan fingerprint density at radius 1 is 0.833 bits per heavy atom. The van der Waals surface area contributed by atoms with Crippen molar-refractivity contribution in [2.75, 3.05) is 17.3 Å². The molecule has 0 unspecified atom stereocenters. The van der Waals surface area contributed by atoms with Crippen molar-refractivity contribution in [2.45, 2.75) is 13.8 Å². The van der Waals surface area contributed by atoms with E-state index < -0.39 is 5.91 Å². The molecule has 0 aromatic heterocycles. The summed E-state index contributed by atoms with van der Waals surface area (Å²) in [5.74, 6) is -0.250. The van der Waals surface area contributed by atoms with Crippen molar-refractivity contribution in [3.05, 3.63) is 95.2 Å². The van der Waals surface area contributed by atoms with Crippen LogP contribution in [0.15, 0.2) is 78.5 Å². The topological polar surface area (TPSA) is 58.6 Å². The van der Waals surface area contributed by atoms with Crippen LogP contribution in [0.4, 0.5) is 11.4 Å². The van der Waals surface area contributed by atoms with E-state index in [0.29, 0.717) is 22.6 Å². The van der Waals surface area contributed by atoms with E-state index in [0.717, 1.165) is 16.8 Å². The molecule has 1 aliphatic rings. The Morgan fingerprint density at radius 3 is 2.27 bits per heavy atom. The zero-order chi connectivity index (χ0) is 21.3. The van der Waals surface area contributed by atoms with Crippen LogP contribution in [0.1, 0.15) is 16.7 Å². The normalized spacial score (nSPS) is 13.8. The monoisotopic (exact) mass is 398 g/mol. The second-order valence-electron chi connectivity index (χ2n) is 7.17. The SMILES string of the molecule is COc1ccccc1C1=C(Nc2cc(C)ccc2C)C(=O)N(c2ccccc2)C1=O. The Balaban J connectivity index is 1.89. The number of methoxy groups -OCH3 is 1. The van der Waals surface area contributed by atoms with Crippen molar-refractivity contribution in [2.24, 2.45) is 0 Å². The van der Waals surface area contributed by atoms with Gasteiger partial charge < -0.3 is 10.1 Å². The second kappa shape index (κ2) is 7.87. The predicted octanol–water partition coefficient (Wildman–Crippen LogP) is 4.71. The number of aryl methyl sites for hydroxylation is 2. The first-order valence-electron chi connectivity index (χ1n) is 9.67. The lowest BCUT2D eigenvalue weighted by Gasteiger charge is -2.15. The van der Waals surface area contributed by atoms with E-state index in [2.05, 4.69) is 5.32 Å². The predicted molar refractivity (Wildman–Crippen MR) is 118 cm³/mol. The number of nitrogens with zero attached hydrogens (tertiary/aromatic N) is 1. The van der Waals surface area contributed by atoms with E-state index in [9.17, 15) is 9.59 Å². The molecule has 1 heterocycles. The van der Waals surface area contributed by atoms with Crippen LogP contribution in [0.5, 0.6) is 5.75 Å². The molecule has 0 saturated heterocycles. The molecule has 30 heavy (non-hydrogen) atoms. The van der Waals surface area contributed by atoms with Crippen molar-refractivity contribution in [1.82, 2.24) is 0 Å². The Morgan fingerprint density at radius 2 is 1.53 bits per heavy atom. The highest BCUT2D eigenvalue weighted by Gasteiger charge is 2.41. The van der Waals surface area contributed by atoms with Crippen molar-refractivity contribution in [1.29, 1.82) is 0 Å². The summed E-state index contributed by atoms with van der Waals surface area (Å²) in [6, 6.07) is 22.1. The number of hydrogen-bond acceptors (Lipinski definition) is 4. The van der Waals surface area contributed by atoms with Crippen LogP contribution in [0.25, 0.3) is 5.57 Å². The van der Waals surface area contributed by atoms with Gasteiger partial charge in [-0.2, -0.15) is 0 Å². The molecule has 1 aliphatic heterocycles. The summed E-state index contributed by atoms with van der Waals surface area (Å²) in [4.78, 5) is 28.1. The van der Waals surface area contributed by atoms with Gasteiger partial charge >= 0.3 is 0 Å². The molecular formula is C25H22N2O3. The number of carbonyl (C=O) groups is 2. The number of amides is 2. The van der Waals surface area contributed by atoms with Gasteiger partial charge in [0, 0.05) is 11.3 Å². The van der Waals surface area contributed by atoms with Crippen LogP contribution < -0.4 is 15.0 Å². The third-order valence-corrected chi connectivity index (χ3v) is 5.13. The average molecular weight is 398 g/mol. The number of hydrogen-bond donors (Lipinski definition) is 1. The van der Waals surface area contributed by atoms with Crippen LogP contribution in [-0.2, 0) is 9.59 Å². The molecule has 0 aliphatic carbocycles. The average Bonchev–Trinajstić information content (AvgIpc) is 3.00. The number of imide groups is 1. The fourth-order valence-electron chi connectivity index (χ4n) is 3.56. The van der Waals surface area contributed by atoms with E-state index in [-0.39, 0.29) is 11.6 Å². The molecule has 5 heteroatoms. The van der Waals surface area contributed by atoms with Crippen LogP contribution in [0.2, 0.25) is 0 Å². The van der Waals surface area contributed by atoms with E-state index >= 15 is 0 Å². The van der Waals surface area contributed by atoms with Crippen LogP contribution in [0, 0.1) is 13.8 Å². The molecule has 0 atom stereocenters. The van der Waals surface area contributed by atoms with E-state index in [4.69, 9.17) is 4.74 Å². The second-order valence-corrected chi connectivity index (χ2v) is 7.17. The van der Waals surface area contributed by atoms with Gasteiger partial charge in [-0.05, 0) is 49.2 Å². The molecule has 3 aromatic rings. The lowest BCUT2D eigenvalue weighted by Crippen LogP contribution is -2.32. The van der Waals surface area contributed by atoms with Crippen molar-refractivity contribution in [3.8, 4) is 5.75 Å². The molecule has 1 N–H and O–H groups in total. The Kier molecular flexibility index (Phi) is 5.11. The van der Waals surface area contributed by atoms with Crippen molar-refractivity contribution >= 4 is 28.8 Å². The zero-order valence-corrected chi connectivity index (χ0v) is 17.1. The molecule has 2 amide bonds. The minimum atomic E-state index is -0.395. The van der Waals surface area contributed by atoms with Gasteiger partial charge in [-0.15, -0.1) is 0 Å². The first kappa shape index (κ1) is 19.5. The lowest BCUT2D eigenvalue weighted by atomic mass is 10.0. The van der Waals surface area contributed by atoms with E-state index in [1.54, 1.807) is 43.5 Å². The molecule has 0 saturated carbocycles. The summed E-state index contributed by atoms with van der Waals surface area (Å²) in [5.41, 5.74) is 4.45. The number of anilines is 2. The molecule has 0 bridgehead atoms. The lowest BCUT2D eigenvalue weighted by molar-refractivity contribution is -0.120. The first-order chi connectivity index (χ1) is 14.5. The largest absolute Gasteiger partial charge is 0.496 e. The van der Waals surface area contributed by atoms with Gasteiger partial charge in [0.2, 0.25) is 0 Å². The maximum Gasteiger partial charge on any atom is 0.282 e. The molecule has 3 aromatic carbocycles. The third-order valence-electron chi connectivity index (χ3n) is 5.13. The summed E-state index contributed by atoms with van der Waals surface area (Å²) in [6.45, 7) is 3.94. The summed E-state index contributed by atoms with van der Waals surface area (Å²) >= 11 is 0. The van der Waals surface area contributed by atoms with Gasteiger partial charge in [-0.1, -0.05) is 48.5 Å². The Bertz CT molecular complexity index is 1170. The highest BCUT2D eigenvalue weighted by Crippen LogP contribution is 2.37. The minimum Gasteiger partial charge on any atom is -0.496 e. The van der Waals surface area contributed by atoms with Gasteiger partial charge in [0.1, 0.15) is 11.4 Å². The first-order valence-corrected chi connectivity index (χ1v) is 9.67. The molecular weight excluding hydrogens is 376 g/mol. The summed E-state index contributed by atoms with van der Waals surface area (Å²) < 4.78 is 5.48. The van der Waals surface area contributed by atoms with Gasteiger partial charge in [-0.25, -0.2) is 4.90 Å². The van der Waals surface area contributed by atoms with Gasteiger partial charge in [-0.3, -0.25) is 9.59 Å². The van der Waals surface area contributed by atoms with E-state index in [1.807, 2.05) is 50.2 Å². The van der Waals surface area contributed by atoms with Crippen LogP contribution in [0.3, 0.4) is 0 Å². The van der Waals surface area contributed by atoms with E-state index in [1.165, 1.54) is 4.90 Å². The molecule has 150 valence electrons. The molecule has 0 spiro atoms. The number of rotatable bonds is 5.